The summed E-state index contributed by atoms with van der Waals surface area (Å²) in [5, 5.41) is 7.17. The molecule has 0 aromatic heterocycles. The molecule has 2 rings (SSSR count). The molecule has 0 aliphatic carbocycles. The van der Waals surface area contributed by atoms with Gasteiger partial charge in [-0.3, -0.25) is 19.5 Å². The molecule has 8 heteroatoms. The van der Waals surface area contributed by atoms with Crippen molar-refractivity contribution in [3.8, 4) is 0 Å². The van der Waals surface area contributed by atoms with Crippen LogP contribution in [0.25, 0.3) is 0 Å². The minimum absolute atomic E-state index is 0.0891. The monoisotopic (exact) mass is 396 g/mol. The fraction of sp³-hybridized carbons (Fsp3) is 0.500. The summed E-state index contributed by atoms with van der Waals surface area (Å²) < 4.78 is 0. The number of nitrogens with zero attached hydrogens (tertiary/aromatic N) is 2. The molecule has 1 aliphatic heterocycles. The molecule has 1 heterocycles. The molecule has 26 heavy (non-hydrogen) atoms. The second kappa shape index (κ2) is 11.1. The van der Waals surface area contributed by atoms with Crippen LogP contribution in [0.5, 0.6) is 0 Å². The van der Waals surface area contributed by atoms with E-state index in [0.29, 0.717) is 38.3 Å². The number of carbonyl (C=O) groups is 2. The second-order valence-electron chi connectivity index (χ2n) is 5.78. The number of carbonyl (C=O) groups excluding carboxylic acids is 2. The number of benzene rings is 1. The highest BCUT2D eigenvalue weighted by molar-refractivity contribution is 7.99. The molecular formula is C18H25ClN4O2S. The average molecular weight is 397 g/mol. The van der Waals surface area contributed by atoms with Crippen LogP contribution < -0.4 is 10.6 Å². The van der Waals surface area contributed by atoms with E-state index in [2.05, 4.69) is 15.6 Å². The van der Waals surface area contributed by atoms with Gasteiger partial charge in [-0.25, -0.2) is 0 Å². The van der Waals surface area contributed by atoms with Crippen LogP contribution in [0.3, 0.4) is 0 Å². The first-order valence-electron chi connectivity index (χ1n) is 8.84. The summed E-state index contributed by atoms with van der Waals surface area (Å²) in [6.45, 7) is 4.24. The van der Waals surface area contributed by atoms with E-state index in [9.17, 15) is 9.59 Å². The number of imide groups is 1. The number of piperidine rings is 1. The van der Waals surface area contributed by atoms with E-state index >= 15 is 0 Å². The van der Waals surface area contributed by atoms with Gasteiger partial charge in [-0.05, 0) is 37.6 Å². The van der Waals surface area contributed by atoms with Crippen molar-refractivity contribution in [1.82, 2.24) is 15.5 Å². The summed E-state index contributed by atoms with van der Waals surface area (Å²) in [7, 11) is 0. The lowest BCUT2D eigenvalue weighted by atomic mass is 10.1. The highest BCUT2D eigenvalue weighted by Gasteiger charge is 2.24. The Labute approximate surface area is 163 Å². The van der Waals surface area contributed by atoms with E-state index in [1.165, 1.54) is 9.80 Å². The molecule has 0 unspecified atom stereocenters. The fourth-order valence-electron chi connectivity index (χ4n) is 2.52. The number of hydrogen-bond donors (Lipinski definition) is 2. The van der Waals surface area contributed by atoms with Gasteiger partial charge in [0.15, 0.2) is 5.96 Å². The summed E-state index contributed by atoms with van der Waals surface area (Å²) in [5.74, 6) is 1.40. The van der Waals surface area contributed by atoms with E-state index < -0.39 is 0 Å². The Morgan fingerprint density at radius 3 is 2.54 bits per heavy atom. The first-order chi connectivity index (χ1) is 12.6. The van der Waals surface area contributed by atoms with Crippen LogP contribution in [0.4, 0.5) is 0 Å². The van der Waals surface area contributed by atoms with Crippen LogP contribution in [0.1, 0.15) is 26.2 Å². The van der Waals surface area contributed by atoms with Crippen molar-refractivity contribution < 1.29 is 9.59 Å². The lowest BCUT2D eigenvalue weighted by Crippen LogP contribution is -2.42. The van der Waals surface area contributed by atoms with Gasteiger partial charge in [-0.2, -0.15) is 0 Å². The van der Waals surface area contributed by atoms with Gasteiger partial charge >= 0.3 is 0 Å². The Morgan fingerprint density at radius 1 is 1.19 bits per heavy atom. The number of likely N-dealkylation sites (tertiary alicyclic amines) is 1. The summed E-state index contributed by atoms with van der Waals surface area (Å²) in [5.41, 5.74) is 0. The fourth-order valence-corrected chi connectivity index (χ4v) is 3.42. The number of nitrogens with one attached hydrogen (secondary N) is 2. The van der Waals surface area contributed by atoms with Crippen molar-refractivity contribution in [1.29, 1.82) is 0 Å². The van der Waals surface area contributed by atoms with Gasteiger partial charge in [-0.1, -0.05) is 11.6 Å². The largest absolute Gasteiger partial charge is 0.357 e. The third-order valence-corrected chi connectivity index (χ3v) is 5.06. The maximum Gasteiger partial charge on any atom is 0.229 e. The summed E-state index contributed by atoms with van der Waals surface area (Å²) >= 11 is 7.62. The minimum atomic E-state index is -0.0891. The van der Waals surface area contributed by atoms with Crippen LogP contribution in [-0.2, 0) is 9.59 Å². The number of guanidine groups is 1. The Morgan fingerprint density at radius 2 is 1.88 bits per heavy atom. The van der Waals surface area contributed by atoms with E-state index in [4.69, 9.17) is 11.6 Å². The van der Waals surface area contributed by atoms with Crippen LogP contribution in [0, 0.1) is 0 Å². The number of rotatable bonds is 8. The Bertz CT molecular complexity index is 621. The van der Waals surface area contributed by atoms with Gasteiger partial charge in [-0.15, -0.1) is 11.8 Å². The van der Waals surface area contributed by atoms with Crippen LogP contribution >= 0.6 is 23.4 Å². The lowest BCUT2D eigenvalue weighted by molar-refractivity contribution is -0.147. The number of hydrogen-bond acceptors (Lipinski definition) is 4. The van der Waals surface area contributed by atoms with Gasteiger partial charge in [0.05, 0.1) is 6.54 Å². The quantitative estimate of drug-likeness (QED) is 0.232. The summed E-state index contributed by atoms with van der Waals surface area (Å²) in [6.07, 6.45) is 1.57. The third kappa shape index (κ3) is 6.88. The van der Waals surface area contributed by atoms with Crippen LogP contribution in [0.15, 0.2) is 34.2 Å². The maximum absolute atomic E-state index is 11.8. The molecule has 1 fully saturated rings. The van der Waals surface area contributed by atoms with E-state index in [1.54, 1.807) is 11.8 Å². The Kier molecular flexibility index (Phi) is 8.77. The molecule has 0 atom stereocenters. The molecule has 1 saturated heterocycles. The van der Waals surface area contributed by atoms with E-state index in [1.807, 2.05) is 31.2 Å². The molecule has 1 aromatic rings. The standard InChI is InChI=1S/C18H25ClN4O2S/c1-2-20-18(21-10-12-23-16(24)4-3-5-17(23)25)22-11-13-26-15-8-6-14(19)7-9-15/h6-9H,2-5,10-13H2,1H3,(H2,20,21,22). The highest BCUT2D eigenvalue weighted by Crippen LogP contribution is 2.19. The topological polar surface area (TPSA) is 73.8 Å². The Balaban J connectivity index is 1.74. The smallest absolute Gasteiger partial charge is 0.229 e. The molecule has 0 radical (unpaired) electrons. The van der Waals surface area contributed by atoms with Crippen molar-refractivity contribution in [2.75, 3.05) is 31.9 Å². The third-order valence-electron chi connectivity index (χ3n) is 3.80. The maximum atomic E-state index is 11.8. The first kappa shape index (κ1) is 20.6. The van der Waals surface area contributed by atoms with Gasteiger partial charge in [0.25, 0.3) is 0 Å². The molecule has 2 N–H and O–H groups in total. The average Bonchev–Trinajstić information content (AvgIpc) is 2.62. The SMILES string of the molecule is CCNC(=NCCN1C(=O)CCCC1=O)NCCSc1ccc(Cl)cc1. The van der Waals surface area contributed by atoms with Gasteiger partial charge in [0.2, 0.25) is 11.8 Å². The molecular weight excluding hydrogens is 372 g/mol. The predicted molar refractivity (Wildman–Crippen MR) is 107 cm³/mol. The zero-order valence-electron chi connectivity index (χ0n) is 15.0. The lowest BCUT2D eigenvalue weighted by Gasteiger charge is -2.24. The van der Waals surface area contributed by atoms with E-state index in [-0.39, 0.29) is 11.8 Å². The van der Waals surface area contributed by atoms with Gasteiger partial charge in [0, 0.05) is 48.1 Å². The van der Waals surface area contributed by atoms with Crippen molar-refractivity contribution in [3.05, 3.63) is 29.3 Å². The van der Waals surface area contributed by atoms with Crippen LogP contribution in [-0.4, -0.2) is 54.6 Å². The molecule has 6 nitrogen and oxygen atoms in total. The first-order valence-corrected chi connectivity index (χ1v) is 10.2. The molecule has 2 amide bonds. The molecule has 1 aliphatic rings. The molecule has 0 saturated carbocycles. The normalized spacial score (nSPS) is 15.3. The summed E-state index contributed by atoms with van der Waals surface area (Å²) in [6, 6.07) is 7.76. The minimum Gasteiger partial charge on any atom is -0.357 e. The van der Waals surface area contributed by atoms with Gasteiger partial charge in [0.1, 0.15) is 0 Å². The zero-order valence-corrected chi connectivity index (χ0v) is 16.5. The predicted octanol–water partition coefficient (Wildman–Crippen LogP) is 2.53. The van der Waals surface area contributed by atoms with Crippen molar-refractivity contribution in [2.24, 2.45) is 4.99 Å². The second-order valence-corrected chi connectivity index (χ2v) is 7.39. The zero-order chi connectivity index (χ0) is 18.8. The van der Waals surface area contributed by atoms with Crippen LogP contribution in [0.2, 0.25) is 5.02 Å². The number of amides is 2. The molecule has 0 bridgehead atoms. The van der Waals surface area contributed by atoms with Gasteiger partial charge < -0.3 is 10.6 Å². The number of thioether (sulfide) groups is 1. The van der Waals surface area contributed by atoms with Crippen molar-refractivity contribution >= 4 is 41.1 Å². The summed E-state index contributed by atoms with van der Waals surface area (Å²) in [4.78, 5) is 30.5. The number of halogens is 1. The van der Waals surface area contributed by atoms with Crippen molar-refractivity contribution in [2.45, 2.75) is 31.1 Å². The Hall–Kier alpha value is -1.73. The molecule has 142 valence electrons. The number of aliphatic imine (C=N–C) groups is 1. The molecule has 1 aromatic carbocycles. The highest BCUT2D eigenvalue weighted by atomic mass is 35.5. The van der Waals surface area contributed by atoms with Crippen molar-refractivity contribution in [3.63, 3.8) is 0 Å². The van der Waals surface area contributed by atoms with E-state index in [0.717, 1.165) is 23.9 Å². The molecule has 0 spiro atoms.